The minimum atomic E-state index is -0.153. The number of ether oxygens (including phenoxy) is 1. The number of nitrogens with zero attached hydrogens (tertiary/aromatic N) is 1. The Hall–Kier alpha value is -2.31. The molecular weight excluding hydrogens is 328 g/mol. The zero-order valence-electron chi connectivity index (χ0n) is 12.4. The fourth-order valence-electron chi connectivity index (χ4n) is 2.06. The van der Waals surface area contributed by atoms with Gasteiger partial charge in [-0.3, -0.25) is 10.2 Å². The summed E-state index contributed by atoms with van der Waals surface area (Å²) in [5.41, 5.74) is 4.77. The number of carbonyl (C=O) groups is 1. The standard InChI is InChI=1S/C17H14N2O2S2/c1-21-14-9-7-12(8-10-14)11-15-16(20)19(17(22)23-15)18-13-5-3-2-4-6-13/h2-11,18H,1H3/b15-11+. The first-order valence-corrected chi connectivity index (χ1v) is 8.13. The zero-order chi connectivity index (χ0) is 16.2. The Morgan fingerprint density at radius 3 is 2.48 bits per heavy atom. The van der Waals surface area contributed by atoms with Crippen LogP contribution in [-0.2, 0) is 4.79 Å². The summed E-state index contributed by atoms with van der Waals surface area (Å²) in [4.78, 5) is 13.1. The Bertz CT molecular complexity index is 758. The molecule has 1 aliphatic heterocycles. The summed E-state index contributed by atoms with van der Waals surface area (Å²) in [6.07, 6.45) is 1.82. The molecule has 116 valence electrons. The van der Waals surface area contributed by atoms with Crippen molar-refractivity contribution in [2.45, 2.75) is 0 Å². The zero-order valence-corrected chi connectivity index (χ0v) is 14.0. The maximum absolute atomic E-state index is 12.5. The van der Waals surface area contributed by atoms with Crippen molar-refractivity contribution in [2.24, 2.45) is 0 Å². The Labute approximate surface area is 144 Å². The van der Waals surface area contributed by atoms with E-state index in [9.17, 15) is 4.79 Å². The predicted molar refractivity (Wildman–Crippen MR) is 98.1 cm³/mol. The van der Waals surface area contributed by atoms with Crippen molar-refractivity contribution in [3.05, 3.63) is 65.1 Å². The lowest BCUT2D eigenvalue weighted by atomic mass is 10.2. The van der Waals surface area contributed by atoms with Crippen LogP contribution < -0.4 is 10.2 Å². The van der Waals surface area contributed by atoms with E-state index in [-0.39, 0.29) is 5.91 Å². The van der Waals surface area contributed by atoms with Crippen LogP contribution in [0.3, 0.4) is 0 Å². The minimum absolute atomic E-state index is 0.153. The van der Waals surface area contributed by atoms with Crippen molar-refractivity contribution in [2.75, 3.05) is 12.5 Å². The third-order valence-electron chi connectivity index (χ3n) is 3.22. The van der Waals surface area contributed by atoms with E-state index in [1.54, 1.807) is 7.11 Å². The molecule has 0 bridgehead atoms. The average molecular weight is 342 g/mol. The molecule has 1 amide bonds. The van der Waals surface area contributed by atoms with Gasteiger partial charge >= 0.3 is 0 Å². The number of hydrogen-bond donors (Lipinski definition) is 1. The lowest BCUT2D eigenvalue weighted by Gasteiger charge is -2.16. The Morgan fingerprint density at radius 1 is 1.13 bits per heavy atom. The molecule has 0 spiro atoms. The number of carbonyl (C=O) groups excluding carboxylic acids is 1. The minimum Gasteiger partial charge on any atom is -0.497 e. The van der Waals surface area contributed by atoms with E-state index in [4.69, 9.17) is 17.0 Å². The van der Waals surface area contributed by atoms with Gasteiger partial charge in [0.1, 0.15) is 5.75 Å². The first-order chi connectivity index (χ1) is 11.2. The highest BCUT2D eigenvalue weighted by Crippen LogP contribution is 2.32. The second kappa shape index (κ2) is 6.85. The number of methoxy groups -OCH3 is 1. The number of para-hydroxylation sites is 1. The number of nitrogens with one attached hydrogen (secondary N) is 1. The van der Waals surface area contributed by atoms with Crippen LogP contribution in [0.4, 0.5) is 5.69 Å². The molecule has 1 saturated heterocycles. The third-order valence-corrected chi connectivity index (χ3v) is 4.52. The van der Waals surface area contributed by atoms with Gasteiger partial charge in [-0.25, -0.2) is 5.01 Å². The van der Waals surface area contributed by atoms with Crippen LogP contribution in [-0.4, -0.2) is 22.3 Å². The van der Waals surface area contributed by atoms with Crippen molar-refractivity contribution < 1.29 is 9.53 Å². The quantitative estimate of drug-likeness (QED) is 0.674. The highest BCUT2D eigenvalue weighted by Gasteiger charge is 2.32. The predicted octanol–water partition coefficient (Wildman–Crippen LogP) is 3.92. The number of hydrazine groups is 1. The largest absolute Gasteiger partial charge is 0.497 e. The van der Waals surface area contributed by atoms with Crippen LogP contribution in [0.25, 0.3) is 6.08 Å². The summed E-state index contributed by atoms with van der Waals surface area (Å²) >= 11 is 6.58. The molecule has 2 aromatic rings. The van der Waals surface area contributed by atoms with Crippen molar-refractivity contribution in [1.29, 1.82) is 0 Å². The van der Waals surface area contributed by atoms with Crippen LogP contribution in [0.5, 0.6) is 5.75 Å². The highest BCUT2D eigenvalue weighted by molar-refractivity contribution is 8.26. The highest BCUT2D eigenvalue weighted by atomic mass is 32.2. The molecule has 0 aliphatic carbocycles. The smallest absolute Gasteiger partial charge is 0.285 e. The molecule has 0 saturated carbocycles. The maximum atomic E-state index is 12.5. The molecule has 1 N–H and O–H groups in total. The molecule has 0 radical (unpaired) electrons. The van der Waals surface area contributed by atoms with Gasteiger partial charge in [-0.05, 0) is 48.1 Å². The number of amides is 1. The van der Waals surface area contributed by atoms with Crippen LogP contribution in [0.2, 0.25) is 0 Å². The number of thioether (sulfide) groups is 1. The first-order valence-electron chi connectivity index (χ1n) is 6.91. The van der Waals surface area contributed by atoms with Crippen molar-refractivity contribution >= 4 is 46.0 Å². The topological polar surface area (TPSA) is 41.6 Å². The molecule has 2 aromatic carbocycles. The van der Waals surface area contributed by atoms with Crippen LogP contribution >= 0.6 is 24.0 Å². The molecule has 6 heteroatoms. The van der Waals surface area contributed by atoms with Crippen molar-refractivity contribution in [1.82, 2.24) is 5.01 Å². The average Bonchev–Trinajstić information content (AvgIpc) is 2.84. The second-order valence-electron chi connectivity index (χ2n) is 4.77. The third kappa shape index (κ3) is 3.55. The number of hydrogen-bond acceptors (Lipinski definition) is 5. The monoisotopic (exact) mass is 342 g/mol. The molecule has 23 heavy (non-hydrogen) atoms. The molecule has 1 fully saturated rings. The molecule has 4 nitrogen and oxygen atoms in total. The van der Waals surface area contributed by atoms with E-state index in [1.807, 2.05) is 60.7 Å². The molecule has 1 heterocycles. The number of rotatable bonds is 4. The molecule has 3 rings (SSSR count). The SMILES string of the molecule is COc1ccc(/C=C2/SC(=S)N(Nc3ccccc3)C2=O)cc1. The van der Waals surface area contributed by atoms with E-state index in [0.717, 1.165) is 17.0 Å². The Morgan fingerprint density at radius 2 is 1.83 bits per heavy atom. The summed E-state index contributed by atoms with van der Waals surface area (Å²) < 4.78 is 5.61. The first kappa shape index (κ1) is 15.6. The molecule has 0 atom stereocenters. The Balaban J connectivity index is 1.78. The van der Waals surface area contributed by atoms with Crippen LogP contribution in [0.1, 0.15) is 5.56 Å². The van der Waals surface area contributed by atoms with Gasteiger partial charge in [0.25, 0.3) is 5.91 Å². The van der Waals surface area contributed by atoms with Gasteiger partial charge in [0, 0.05) is 0 Å². The van der Waals surface area contributed by atoms with E-state index < -0.39 is 0 Å². The van der Waals surface area contributed by atoms with Gasteiger partial charge in [-0.15, -0.1) is 0 Å². The fourth-order valence-corrected chi connectivity index (χ4v) is 3.24. The van der Waals surface area contributed by atoms with Gasteiger partial charge in [0.2, 0.25) is 0 Å². The Kier molecular flexibility index (Phi) is 4.64. The van der Waals surface area contributed by atoms with Crippen LogP contribution in [0, 0.1) is 0 Å². The summed E-state index contributed by atoms with van der Waals surface area (Å²) in [6, 6.07) is 17.0. The summed E-state index contributed by atoms with van der Waals surface area (Å²) in [5, 5.41) is 1.39. The van der Waals surface area contributed by atoms with E-state index in [1.165, 1.54) is 16.8 Å². The van der Waals surface area contributed by atoms with Gasteiger partial charge in [-0.2, -0.15) is 0 Å². The molecule has 0 unspecified atom stereocenters. The van der Waals surface area contributed by atoms with E-state index in [2.05, 4.69) is 5.43 Å². The van der Waals surface area contributed by atoms with E-state index in [0.29, 0.717) is 9.23 Å². The normalized spacial score (nSPS) is 16.0. The number of anilines is 1. The van der Waals surface area contributed by atoms with E-state index >= 15 is 0 Å². The maximum Gasteiger partial charge on any atom is 0.285 e. The fraction of sp³-hybridized carbons (Fsp3) is 0.0588. The lowest BCUT2D eigenvalue weighted by Crippen LogP contribution is -2.33. The van der Waals surface area contributed by atoms with Crippen molar-refractivity contribution in [3.63, 3.8) is 0 Å². The van der Waals surface area contributed by atoms with Gasteiger partial charge in [0.15, 0.2) is 4.32 Å². The van der Waals surface area contributed by atoms with Gasteiger partial charge < -0.3 is 4.74 Å². The number of thiocarbonyl (C=S) groups is 1. The van der Waals surface area contributed by atoms with Crippen molar-refractivity contribution in [3.8, 4) is 5.75 Å². The summed E-state index contributed by atoms with van der Waals surface area (Å²) in [7, 11) is 1.62. The molecule has 1 aliphatic rings. The van der Waals surface area contributed by atoms with Gasteiger partial charge in [0.05, 0.1) is 17.7 Å². The summed E-state index contributed by atoms with van der Waals surface area (Å²) in [6.45, 7) is 0. The van der Waals surface area contributed by atoms with Crippen LogP contribution in [0.15, 0.2) is 59.5 Å². The van der Waals surface area contributed by atoms with Gasteiger partial charge in [-0.1, -0.05) is 42.1 Å². The molecule has 0 aromatic heterocycles. The summed E-state index contributed by atoms with van der Waals surface area (Å²) in [5.74, 6) is 0.625. The second-order valence-corrected chi connectivity index (χ2v) is 6.44. The number of benzene rings is 2. The molecular formula is C17H14N2O2S2. The lowest BCUT2D eigenvalue weighted by molar-refractivity contribution is -0.121.